The molecule has 0 N–H and O–H groups in total. The van der Waals surface area contributed by atoms with Crippen LogP contribution in [0.3, 0.4) is 0 Å². The van der Waals surface area contributed by atoms with Gasteiger partial charge in [-0.3, -0.25) is 0 Å². The monoisotopic (exact) mass is 515 g/mol. The molecule has 1 aromatic rings. The summed E-state index contributed by atoms with van der Waals surface area (Å²) in [5.74, 6) is -0.417. The number of nitriles is 1. The van der Waals surface area contributed by atoms with E-state index in [0.29, 0.717) is 18.6 Å². The highest BCUT2D eigenvalue weighted by Gasteiger charge is 3.01. The number of benzene rings is 1. The number of fused-ring (bicyclic) bond motifs is 4. The highest BCUT2D eigenvalue weighted by molar-refractivity contribution is 5.92. The molecular weight excluding hydrogens is 486 g/mol. The Balaban J connectivity index is 1.15. The van der Waals surface area contributed by atoms with E-state index >= 15 is 0 Å². The Kier molecular flexibility index (Phi) is 4.20. The van der Waals surface area contributed by atoms with E-state index in [1.807, 2.05) is 0 Å². The highest BCUT2D eigenvalue weighted by atomic mass is 16.8. The quantitative estimate of drug-likeness (QED) is 0.341. The number of ether oxygens (including phenoxy) is 5. The van der Waals surface area contributed by atoms with Crippen molar-refractivity contribution in [2.75, 3.05) is 6.61 Å². The maximum atomic E-state index is 13.3. The molecule has 8 rings (SSSR count). The fraction of sp³-hybridized carbons (Fsp3) is 0.567. The summed E-state index contributed by atoms with van der Waals surface area (Å²) in [4.78, 5) is 25.6. The van der Waals surface area contributed by atoms with Gasteiger partial charge in [-0.15, -0.1) is 0 Å². The minimum atomic E-state index is -0.764. The van der Waals surface area contributed by atoms with E-state index in [2.05, 4.69) is 26.8 Å². The summed E-state index contributed by atoms with van der Waals surface area (Å²) < 4.78 is 31.6. The first kappa shape index (κ1) is 22.9. The van der Waals surface area contributed by atoms with E-state index in [1.54, 1.807) is 30.3 Å². The first-order chi connectivity index (χ1) is 18.2. The van der Waals surface area contributed by atoms with Gasteiger partial charge in [-0.2, -0.15) is 5.26 Å². The summed E-state index contributed by atoms with van der Waals surface area (Å²) in [5.41, 5.74) is 0.983. The predicted octanol–water partition coefficient (Wildman–Crippen LogP) is 3.24. The summed E-state index contributed by atoms with van der Waals surface area (Å²) in [5, 5.41) is 9.02. The van der Waals surface area contributed by atoms with E-state index in [-0.39, 0.29) is 41.5 Å². The molecule has 8 nitrogen and oxygen atoms in total. The molecule has 2 saturated carbocycles. The molecule has 0 amide bonds. The number of hydrogen-bond donors (Lipinski definition) is 0. The number of cyclic esters (lactones) is 1. The van der Waals surface area contributed by atoms with Crippen molar-refractivity contribution in [3.05, 3.63) is 52.6 Å². The summed E-state index contributed by atoms with van der Waals surface area (Å²) in [7, 11) is 0. The van der Waals surface area contributed by atoms with Crippen molar-refractivity contribution in [3.8, 4) is 6.07 Å². The van der Waals surface area contributed by atoms with Crippen LogP contribution in [-0.4, -0.2) is 59.8 Å². The SMILES string of the molecule is CC(C)[C@]12O[C@H]1[C@@H]1O[C@]13[C@]1(O[C@H]1C[C@H]1C4=C(CC[C@@]13C)C(=O)OC4)[C@@H]2OC(=O)/C=C/c1ccc(C#N)cc1. The Morgan fingerprint density at radius 2 is 1.97 bits per heavy atom. The fourth-order valence-electron chi connectivity index (χ4n) is 8.83. The largest absolute Gasteiger partial charge is 0.458 e. The van der Waals surface area contributed by atoms with Gasteiger partial charge in [0, 0.05) is 17.1 Å². The van der Waals surface area contributed by atoms with Crippen molar-refractivity contribution in [2.24, 2.45) is 17.3 Å². The molecule has 7 aliphatic rings. The maximum Gasteiger partial charge on any atom is 0.334 e. The van der Waals surface area contributed by atoms with Crippen LogP contribution in [0.25, 0.3) is 6.08 Å². The maximum absolute atomic E-state index is 13.3. The van der Waals surface area contributed by atoms with Crippen molar-refractivity contribution in [1.82, 2.24) is 0 Å². The molecule has 3 aliphatic carbocycles. The minimum absolute atomic E-state index is 0.0984. The molecule has 38 heavy (non-hydrogen) atoms. The molecule has 8 heteroatoms. The van der Waals surface area contributed by atoms with Crippen LogP contribution in [0, 0.1) is 28.6 Å². The zero-order valence-corrected chi connectivity index (χ0v) is 21.6. The molecule has 0 unspecified atom stereocenters. The van der Waals surface area contributed by atoms with E-state index in [4.69, 9.17) is 28.9 Å². The average Bonchev–Trinajstić information content (AvgIpc) is 3.81. The third kappa shape index (κ3) is 2.43. The zero-order chi connectivity index (χ0) is 26.2. The van der Waals surface area contributed by atoms with Crippen LogP contribution in [0.2, 0.25) is 0 Å². The van der Waals surface area contributed by atoms with Gasteiger partial charge < -0.3 is 23.7 Å². The van der Waals surface area contributed by atoms with Crippen molar-refractivity contribution < 1.29 is 33.3 Å². The Morgan fingerprint density at radius 3 is 2.71 bits per heavy atom. The van der Waals surface area contributed by atoms with E-state index in [1.165, 1.54) is 6.08 Å². The molecule has 196 valence electrons. The molecular formula is C30H29NO7. The molecule has 5 fully saturated rings. The molecule has 1 aromatic carbocycles. The Labute approximate surface area is 220 Å². The smallest absolute Gasteiger partial charge is 0.334 e. The number of esters is 2. The van der Waals surface area contributed by atoms with Crippen molar-refractivity contribution in [2.45, 2.75) is 81.3 Å². The van der Waals surface area contributed by atoms with Gasteiger partial charge in [0.1, 0.15) is 30.0 Å². The first-order valence-corrected chi connectivity index (χ1v) is 13.5. The van der Waals surface area contributed by atoms with E-state index < -0.39 is 28.9 Å². The number of epoxide rings is 3. The third-order valence-corrected chi connectivity index (χ3v) is 10.8. The molecule has 2 spiro atoms. The predicted molar refractivity (Wildman–Crippen MR) is 131 cm³/mol. The number of rotatable bonds is 4. The van der Waals surface area contributed by atoms with Gasteiger partial charge in [-0.25, -0.2) is 9.59 Å². The van der Waals surface area contributed by atoms with Gasteiger partial charge in [0.15, 0.2) is 11.7 Å². The van der Waals surface area contributed by atoms with Crippen molar-refractivity contribution in [3.63, 3.8) is 0 Å². The second kappa shape index (κ2) is 6.95. The lowest BCUT2D eigenvalue weighted by Crippen LogP contribution is -2.70. The van der Waals surface area contributed by atoms with Gasteiger partial charge in [-0.1, -0.05) is 32.9 Å². The van der Waals surface area contributed by atoms with Crippen LogP contribution in [-0.2, 0) is 33.3 Å². The van der Waals surface area contributed by atoms with Crippen LogP contribution in [0.4, 0.5) is 0 Å². The zero-order valence-electron chi connectivity index (χ0n) is 21.6. The molecule has 9 atom stereocenters. The summed E-state index contributed by atoms with van der Waals surface area (Å²) in [6, 6.07) is 9.11. The van der Waals surface area contributed by atoms with Crippen molar-refractivity contribution in [1.29, 1.82) is 5.26 Å². The summed E-state index contributed by atoms with van der Waals surface area (Å²) >= 11 is 0. The first-order valence-electron chi connectivity index (χ1n) is 13.5. The molecule has 4 aliphatic heterocycles. The number of carbonyl (C=O) groups excluding carboxylic acids is 2. The van der Waals surface area contributed by atoms with Gasteiger partial charge in [0.2, 0.25) is 0 Å². The molecule has 0 aromatic heterocycles. The molecule has 4 heterocycles. The van der Waals surface area contributed by atoms with E-state index in [0.717, 1.165) is 29.6 Å². The third-order valence-electron chi connectivity index (χ3n) is 10.8. The second-order valence-electron chi connectivity index (χ2n) is 12.4. The lowest BCUT2D eigenvalue weighted by Gasteiger charge is -2.53. The van der Waals surface area contributed by atoms with Gasteiger partial charge in [0.05, 0.1) is 17.7 Å². The number of carbonyl (C=O) groups is 2. The van der Waals surface area contributed by atoms with Crippen LogP contribution in [0.15, 0.2) is 41.5 Å². The lowest BCUT2D eigenvalue weighted by atomic mass is 9.46. The van der Waals surface area contributed by atoms with Gasteiger partial charge in [0.25, 0.3) is 0 Å². The van der Waals surface area contributed by atoms with Crippen LogP contribution >= 0.6 is 0 Å². The second-order valence-corrected chi connectivity index (χ2v) is 12.4. The average molecular weight is 516 g/mol. The summed E-state index contributed by atoms with van der Waals surface area (Å²) in [6.45, 7) is 6.81. The minimum Gasteiger partial charge on any atom is -0.458 e. The number of nitrogens with zero attached hydrogens (tertiary/aromatic N) is 1. The molecule has 0 bridgehead atoms. The van der Waals surface area contributed by atoms with E-state index in [9.17, 15) is 9.59 Å². The Morgan fingerprint density at radius 1 is 1.18 bits per heavy atom. The van der Waals surface area contributed by atoms with Gasteiger partial charge >= 0.3 is 11.9 Å². The Bertz CT molecular complexity index is 1410. The highest BCUT2D eigenvalue weighted by Crippen LogP contribution is 2.83. The van der Waals surface area contributed by atoms with Crippen LogP contribution in [0.1, 0.15) is 51.2 Å². The van der Waals surface area contributed by atoms with Crippen LogP contribution in [0.5, 0.6) is 0 Å². The molecule has 0 radical (unpaired) electrons. The van der Waals surface area contributed by atoms with Crippen LogP contribution < -0.4 is 0 Å². The fourth-order valence-corrected chi connectivity index (χ4v) is 8.83. The summed E-state index contributed by atoms with van der Waals surface area (Å²) in [6.07, 6.45) is 4.30. The van der Waals surface area contributed by atoms with Gasteiger partial charge in [-0.05, 0) is 60.4 Å². The topological polar surface area (TPSA) is 114 Å². The lowest BCUT2D eigenvalue weighted by molar-refractivity contribution is -0.163. The standard InChI is InChI=1S/C30H29NO7/c1-15(2)28-23(37-28)24-30(38-24)27(3)11-10-18-19(14-34-25(18)33)20(27)12-21-29(30,36-21)26(28)35-22(32)9-8-16-4-6-17(13-31)7-5-16/h4-9,15,20-21,23-24,26H,10-12,14H2,1-3H3/b9-8+/t20-,21-,23-,24-,26+,27-,28-,29+,30+/m0/s1. The number of hydrogen-bond acceptors (Lipinski definition) is 8. The normalized spacial score (nSPS) is 46.6. The molecule has 3 saturated heterocycles. The van der Waals surface area contributed by atoms with Crippen molar-refractivity contribution >= 4 is 18.0 Å². The Hall–Kier alpha value is -2.99.